The van der Waals surface area contributed by atoms with Gasteiger partial charge in [-0.25, -0.2) is 0 Å². The van der Waals surface area contributed by atoms with Gasteiger partial charge in [-0.3, -0.25) is 9.69 Å². The molecule has 2 heterocycles. The maximum absolute atomic E-state index is 12.1. The van der Waals surface area contributed by atoms with Crippen LogP contribution in [0.2, 0.25) is 0 Å². The van der Waals surface area contributed by atoms with E-state index in [1.54, 1.807) is 0 Å². The van der Waals surface area contributed by atoms with Crippen LogP contribution in [0.5, 0.6) is 0 Å². The molecule has 2 fully saturated rings. The summed E-state index contributed by atoms with van der Waals surface area (Å²) in [6, 6.07) is 1.14. The first-order valence-corrected chi connectivity index (χ1v) is 9.80. The second kappa shape index (κ2) is 7.05. The zero-order chi connectivity index (χ0) is 15.6. The quantitative estimate of drug-likeness (QED) is 0.521. The van der Waals surface area contributed by atoms with Gasteiger partial charge in [0.15, 0.2) is 5.78 Å². The smallest absolute Gasteiger partial charge is 0.157 e. The standard InChI is InChI=1S/C19H30ClNO/c1-2-3-4-5-6-16-9-7-15-8-10-18(22)13-19(15)12-11-17(14-20)21(16)19/h8,10,15-17H,2-7,9,11-14H2,1H3. The Bertz CT molecular complexity index is 435. The SMILES string of the molecule is CCCCCCC1CCC2C=CC(=O)CC23CCC(CCl)N13. The highest BCUT2D eigenvalue weighted by atomic mass is 35.5. The number of nitrogens with zero attached hydrogens (tertiary/aromatic N) is 1. The number of ketones is 1. The first-order chi connectivity index (χ1) is 10.7. The summed E-state index contributed by atoms with van der Waals surface area (Å²) in [7, 11) is 0. The predicted molar refractivity (Wildman–Crippen MR) is 92.3 cm³/mol. The largest absolute Gasteiger partial charge is 0.295 e. The topological polar surface area (TPSA) is 20.3 Å². The molecule has 0 aromatic carbocycles. The number of unbranched alkanes of at least 4 members (excludes halogenated alkanes) is 3. The van der Waals surface area contributed by atoms with E-state index in [1.165, 1.54) is 51.4 Å². The van der Waals surface area contributed by atoms with Crippen LogP contribution in [-0.4, -0.2) is 34.2 Å². The Morgan fingerprint density at radius 2 is 2.09 bits per heavy atom. The number of halogens is 1. The summed E-state index contributed by atoms with van der Waals surface area (Å²) >= 11 is 6.30. The number of carbonyl (C=O) groups excluding carboxylic acids is 1. The van der Waals surface area contributed by atoms with Crippen molar-refractivity contribution in [2.45, 2.75) is 88.8 Å². The fraction of sp³-hybridized carbons (Fsp3) is 0.842. The van der Waals surface area contributed by atoms with Gasteiger partial charge in [-0.15, -0.1) is 11.6 Å². The fourth-order valence-electron chi connectivity index (χ4n) is 5.28. The highest BCUT2D eigenvalue weighted by Gasteiger charge is 2.56. The molecule has 0 radical (unpaired) electrons. The zero-order valence-corrected chi connectivity index (χ0v) is 14.7. The number of hydrogen-bond acceptors (Lipinski definition) is 2. The van der Waals surface area contributed by atoms with Crippen molar-refractivity contribution in [3.05, 3.63) is 12.2 Å². The third kappa shape index (κ3) is 2.89. The Hall–Kier alpha value is -0.340. The minimum Gasteiger partial charge on any atom is -0.295 e. The summed E-state index contributed by atoms with van der Waals surface area (Å²) in [4.78, 5) is 14.8. The second-order valence-corrected chi connectivity index (χ2v) is 7.86. The lowest BCUT2D eigenvalue weighted by Gasteiger charge is -2.54. The molecular weight excluding hydrogens is 294 g/mol. The van der Waals surface area contributed by atoms with E-state index in [9.17, 15) is 4.79 Å². The Labute approximate surface area is 140 Å². The molecule has 2 saturated heterocycles. The lowest BCUT2D eigenvalue weighted by Crippen LogP contribution is -2.61. The molecule has 124 valence electrons. The normalized spacial score (nSPS) is 38.1. The van der Waals surface area contributed by atoms with Crippen molar-refractivity contribution < 1.29 is 4.79 Å². The first-order valence-electron chi connectivity index (χ1n) is 9.26. The average molecular weight is 324 g/mol. The van der Waals surface area contributed by atoms with Crippen molar-refractivity contribution >= 4 is 17.4 Å². The van der Waals surface area contributed by atoms with Crippen LogP contribution in [0, 0.1) is 5.92 Å². The number of rotatable bonds is 6. The van der Waals surface area contributed by atoms with Crippen LogP contribution in [0.4, 0.5) is 0 Å². The van der Waals surface area contributed by atoms with Gasteiger partial charge in [0.2, 0.25) is 0 Å². The number of piperidine rings is 1. The van der Waals surface area contributed by atoms with Crippen LogP contribution in [0.15, 0.2) is 12.2 Å². The van der Waals surface area contributed by atoms with E-state index >= 15 is 0 Å². The first kappa shape index (κ1) is 16.5. The van der Waals surface area contributed by atoms with Crippen LogP contribution in [0.1, 0.15) is 71.1 Å². The molecule has 0 aromatic heterocycles. The maximum atomic E-state index is 12.1. The highest BCUT2D eigenvalue weighted by Crippen LogP contribution is 2.52. The summed E-state index contributed by atoms with van der Waals surface area (Å²) in [6.45, 7) is 2.27. The molecule has 2 aliphatic heterocycles. The average Bonchev–Trinajstić information content (AvgIpc) is 2.89. The van der Waals surface area contributed by atoms with Gasteiger partial charge in [0.25, 0.3) is 0 Å². The molecule has 4 unspecified atom stereocenters. The molecule has 22 heavy (non-hydrogen) atoms. The molecule has 0 saturated carbocycles. The summed E-state index contributed by atoms with van der Waals surface area (Å²) in [5.41, 5.74) is 0.110. The number of hydrogen-bond donors (Lipinski definition) is 0. The van der Waals surface area contributed by atoms with Crippen LogP contribution in [0.25, 0.3) is 0 Å². The molecule has 3 aliphatic rings. The van der Waals surface area contributed by atoms with Gasteiger partial charge in [0.1, 0.15) is 0 Å². The minimum atomic E-state index is 0.110. The minimum absolute atomic E-state index is 0.110. The summed E-state index contributed by atoms with van der Waals surface area (Å²) < 4.78 is 0. The van der Waals surface area contributed by atoms with Crippen LogP contribution in [0.3, 0.4) is 0 Å². The molecule has 2 nitrogen and oxygen atoms in total. The van der Waals surface area contributed by atoms with Gasteiger partial charge in [-0.1, -0.05) is 38.7 Å². The van der Waals surface area contributed by atoms with E-state index in [0.29, 0.717) is 23.8 Å². The fourth-order valence-corrected chi connectivity index (χ4v) is 5.58. The third-order valence-electron chi connectivity index (χ3n) is 6.28. The van der Waals surface area contributed by atoms with Gasteiger partial charge in [0.05, 0.1) is 0 Å². The van der Waals surface area contributed by atoms with Crippen molar-refractivity contribution in [3.8, 4) is 0 Å². The number of alkyl halides is 1. The van der Waals surface area contributed by atoms with Crippen LogP contribution < -0.4 is 0 Å². The predicted octanol–water partition coefficient (Wildman–Crippen LogP) is 4.71. The Morgan fingerprint density at radius 3 is 2.86 bits per heavy atom. The summed E-state index contributed by atoms with van der Waals surface area (Å²) in [6.07, 6.45) is 16.3. The van der Waals surface area contributed by atoms with Gasteiger partial charge < -0.3 is 0 Å². The van der Waals surface area contributed by atoms with E-state index in [2.05, 4.69) is 17.9 Å². The van der Waals surface area contributed by atoms with Gasteiger partial charge in [-0.2, -0.15) is 0 Å². The lowest BCUT2D eigenvalue weighted by atomic mass is 9.68. The molecule has 0 bridgehead atoms. The van der Waals surface area contributed by atoms with Gasteiger partial charge in [-0.05, 0) is 44.1 Å². The molecule has 3 heteroatoms. The van der Waals surface area contributed by atoms with E-state index in [4.69, 9.17) is 11.6 Å². The van der Waals surface area contributed by atoms with E-state index < -0.39 is 0 Å². The number of carbonyl (C=O) groups is 1. The van der Waals surface area contributed by atoms with E-state index in [1.807, 2.05) is 6.08 Å². The zero-order valence-electron chi connectivity index (χ0n) is 13.9. The Balaban J connectivity index is 1.77. The molecule has 4 atom stereocenters. The van der Waals surface area contributed by atoms with Crippen molar-refractivity contribution in [2.75, 3.05) is 5.88 Å². The molecule has 0 aromatic rings. The maximum Gasteiger partial charge on any atom is 0.157 e. The van der Waals surface area contributed by atoms with Gasteiger partial charge >= 0.3 is 0 Å². The Kier molecular flexibility index (Phi) is 5.29. The summed E-state index contributed by atoms with van der Waals surface area (Å²) in [5.74, 6) is 1.62. The molecule has 0 amide bonds. The second-order valence-electron chi connectivity index (χ2n) is 7.55. The highest BCUT2D eigenvalue weighted by molar-refractivity contribution is 6.18. The van der Waals surface area contributed by atoms with Crippen LogP contribution >= 0.6 is 11.6 Å². The van der Waals surface area contributed by atoms with Gasteiger partial charge in [0, 0.05) is 29.9 Å². The number of allylic oxidation sites excluding steroid dienone is 1. The Morgan fingerprint density at radius 1 is 1.23 bits per heavy atom. The lowest BCUT2D eigenvalue weighted by molar-refractivity contribution is -0.121. The van der Waals surface area contributed by atoms with Crippen molar-refractivity contribution in [1.82, 2.24) is 4.90 Å². The molecule has 1 spiro atoms. The molecule has 0 N–H and O–H groups in total. The van der Waals surface area contributed by atoms with E-state index in [-0.39, 0.29) is 5.54 Å². The summed E-state index contributed by atoms with van der Waals surface area (Å²) in [5, 5.41) is 0. The van der Waals surface area contributed by atoms with Crippen molar-refractivity contribution in [3.63, 3.8) is 0 Å². The molecule has 1 aliphatic carbocycles. The third-order valence-corrected chi connectivity index (χ3v) is 6.63. The van der Waals surface area contributed by atoms with Crippen LogP contribution in [-0.2, 0) is 4.79 Å². The van der Waals surface area contributed by atoms with E-state index in [0.717, 1.165) is 18.7 Å². The molecular formula is C19H30ClNO. The molecule has 3 rings (SSSR count). The van der Waals surface area contributed by atoms with Crippen molar-refractivity contribution in [2.24, 2.45) is 5.92 Å². The monoisotopic (exact) mass is 323 g/mol. The van der Waals surface area contributed by atoms with Crippen molar-refractivity contribution in [1.29, 1.82) is 0 Å².